The lowest BCUT2D eigenvalue weighted by atomic mass is 10.1. The van der Waals surface area contributed by atoms with E-state index in [0.29, 0.717) is 28.2 Å². The Hall–Kier alpha value is -1.84. The van der Waals surface area contributed by atoms with E-state index in [0.717, 1.165) is 29.3 Å². The maximum atomic E-state index is 12.6. The van der Waals surface area contributed by atoms with Crippen LogP contribution in [0.4, 0.5) is 0 Å². The first-order valence-corrected chi connectivity index (χ1v) is 8.34. The second-order valence-corrected chi connectivity index (χ2v) is 6.76. The molecule has 0 bridgehead atoms. The molecule has 23 heavy (non-hydrogen) atoms. The summed E-state index contributed by atoms with van der Waals surface area (Å²) in [7, 11) is 0. The summed E-state index contributed by atoms with van der Waals surface area (Å²) >= 11 is 12.4. The molecule has 0 spiro atoms. The van der Waals surface area contributed by atoms with Crippen molar-refractivity contribution in [3.63, 3.8) is 0 Å². The molecule has 5 heteroatoms. The van der Waals surface area contributed by atoms with Gasteiger partial charge in [0.15, 0.2) is 0 Å². The van der Waals surface area contributed by atoms with Crippen molar-refractivity contribution < 1.29 is 0 Å². The summed E-state index contributed by atoms with van der Waals surface area (Å²) in [6, 6.07) is 13.2. The van der Waals surface area contributed by atoms with Crippen LogP contribution in [0, 0.1) is 5.92 Å². The quantitative estimate of drug-likeness (QED) is 0.685. The van der Waals surface area contributed by atoms with Gasteiger partial charge < -0.3 is 0 Å². The third-order valence-electron chi connectivity index (χ3n) is 4.21. The number of aromatic nitrogens is 2. The Kier molecular flexibility index (Phi) is 3.63. The molecule has 0 saturated heterocycles. The van der Waals surface area contributed by atoms with E-state index in [9.17, 15) is 4.79 Å². The highest BCUT2D eigenvalue weighted by atomic mass is 35.5. The highest BCUT2D eigenvalue weighted by Crippen LogP contribution is 2.35. The predicted octanol–water partition coefficient (Wildman–Crippen LogP) is 4.78. The summed E-state index contributed by atoms with van der Waals surface area (Å²) in [6.45, 7) is 0.690. The van der Waals surface area contributed by atoms with Crippen molar-refractivity contribution in [1.82, 2.24) is 9.55 Å². The first-order chi connectivity index (χ1) is 11.1. The Labute approximate surface area is 143 Å². The smallest absolute Gasteiger partial charge is 0.292 e. The molecule has 1 aromatic heterocycles. The number of nitrogens with zero attached hydrogens (tertiary/aromatic N) is 2. The van der Waals surface area contributed by atoms with Gasteiger partial charge in [0.05, 0.1) is 21.3 Å². The molecule has 0 aliphatic heterocycles. The summed E-state index contributed by atoms with van der Waals surface area (Å²) in [5, 5.41) is 1.77. The lowest BCUT2D eigenvalue weighted by molar-refractivity contribution is 0.614. The van der Waals surface area contributed by atoms with Crippen molar-refractivity contribution in [1.29, 1.82) is 0 Å². The molecule has 3 nitrogen and oxygen atoms in total. The molecule has 0 radical (unpaired) electrons. The van der Waals surface area contributed by atoms with Crippen LogP contribution in [-0.4, -0.2) is 9.55 Å². The minimum absolute atomic E-state index is 0.235. The molecule has 0 unspecified atom stereocenters. The zero-order valence-corrected chi connectivity index (χ0v) is 13.8. The normalized spacial score (nSPS) is 14.3. The van der Waals surface area contributed by atoms with Crippen LogP contribution >= 0.6 is 23.2 Å². The van der Waals surface area contributed by atoms with Crippen LogP contribution in [0.5, 0.6) is 0 Å². The fourth-order valence-corrected chi connectivity index (χ4v) is 3.14. The molecular formula is C18H14Cl2N2O. The van der Waals surface area contributed by atoms with Crippen molar-refractivity contribution in [2.45, 2.75) is 19.4 Å². The Morgan fingerprint density at radius 3 is 2.48 bits per heavy atom. The van der Waals surface area contributed by atoms with Crippen LogP contribution in [0.15, 0.2) is 47.3 Å². The van der Waals surface area contributed by atoms with Gasteiger partial charge in [-0.05, 0) is 30.9 Å². The van der Waals surface area contributed by atoms with Crippen LogP contribution in [0.3, 0.4) is 0 Å². The largest absolute Gasteiger partial charge is 0.348 e. The molecule has 1 aliphatic carbocycles. The Morgan fingerprint density at radius 1 is 1.09 bits per heavy atom. The van der Waals surface area contributed by atoms with E-state index in [2.05, 4.69) is 4.98 Å². The standard InChI is InChI=1S/C18H14Cl2N2O/c19-14-8-13-16(9-15(14)20)22(10-11-6-7-11)18(23)21-17(13)12-4-2-1-3-5-12/h1-5,8-9,11H,6-7,10H2. The highest BCUT2D eigenvalue weighted by Gasteiger charge is 2.24. The molecule has 116 valence electrons. The van der Waals surface area contributed by atoms with Crippen molar-refractivity contribution >= 4 is 34.1 Å². The zero-order chi connectivity index (χ0) is 16.0. The molecule has 0 atom stereocenters. The van der Waals surface area contributed by atoms with Crippen LogP contribution in [-0.2, 0) is 6.54 Å². The molecule has 1 heterocycles. The molecule has 0 N–H and O–H groups in total. The van der Waals surface area contributed by atoms with E-state index in [1.807, 2.05) is 30.3 Å². The fourth-order valence-electron chi connectivity index (χ4n) is 2.82. The van der Waals surface area contributed by atoms with Crippen LogP contribution < -0.4 is 5.69 Å². The van der Waals surface area contributed by atoms with Crippen LogP contribution in [0.1, 0.15) is 12.8 Å². The number of hydrogen-bond donors (Lipinski definition) is 0. The average Bonchev–Trinajstić information content (AvgIpc) is 3.37. The third kappa shape index (κ3) is 2.75. The van der Waals surface area contributed by atoms with Gasteiger partial charge in [0.2, 0.25) is 0 Å². The average molecular weight is 345 g/mol. The van der Waals surface area contributed by atoms with Gasteiger partial charge in [-0.25, -0.2) is 4.79 Å². The molecule has 2 aromatic carbocycles. The summed E-state index contributed by atoms with van der Waals surface area (Å²) in [6.07, 6.45) is 2.32. The van der Waals surface area contributed by atoms with Gasteiger partial charge in [-0.3, -0.25) is 4.57 Å². The lowest BCUT2D eigenvalue weighted by Crippen LogP contribution is -2.25. The van der Waals surface area contributed by atoms with Gasteiger partial charge in [0.1, 0.15) is 0 Å². The number of hydrogen-bond acceptors (Lipinski definition) is 2. The summed E-state index contributed by atoms with van der Waals surface area (Å²) in [5.41, 5.74) is 2.11. The van der Waals surface area contributed by atoms with Crippen LogP contribution in [0.2, 0.25) is 10.0 Å². The minimum Gasteiger partial charge on any atom is -0.292 e. The molecule has 1 fully saturated rings. The van der Waals surface area contributed by atoms with Gasteiger partial charge in [-0.2, -0.15) is 4.98 Å². The third-order valence-corrected chi connectivity index (χ3v) is 4.93. The zero-order valence-electron chi connectivity index (χ0n) is 12.3. The Morgan fingerprint density at radius 2 is 1.78 bits per heavy atom. The Balaban J connectivity index is 2.04. The molecule has 4 rings (SSSR count). The fraction of sp³-hybridized carbons (Fsp3) is 0.222. The van der Waals surface area contributed by atoms with E-state index >= 15 is 0 Å². The minimum atomic E-state index is -0.235. The number of fused-ring (bicyclic) bond motifs is 1. The van der Waals surface area contributed by atoms with Crippen molar-refractivity contribution in [3.05, 3.63) is 63.0 Å². The topological polar surface area (TPSA) is 34.9 Å². The number of halogens is 2. The number of rotatable bonds is 3. The van der Waals surface area contributed by atoms with E-state index in [4.69, 9.17) is 23.2 Å². The van der Waals surface area contributed by atoms with Crippen molar-refractivity contribution in [3.8, 4) is 11.3 Å². The van der Waals surface area contributed by atoms with Crippen LogP contribution in [0.25, 0.3) is 22.2 Å². The lowest BCUT2D eigenvalue weighted by Gasteiger charge is -2.13. The Bertz CT molecular complexity index is 947. The van der Waals surface area contributed by atoms with Gasteiger partial charge in [0.25, 0.3) is 0 Å². The molecule has 0 amide bonds. The maximum Gasteiger partial charge on any atom is 0.348 e. The van der Waals surface area contributed by atoms with Gasteiger partial charge >= 0.3 is 5.69 Å². The van der Waals surface area contributed by atoms with Gasteiger partial charge in [0, 0.05) is 17.5 Å². The number of benzene rings is 2. The molecular weight excluding hydrogens is 331 g/mol. The SMILES string of the molecule is O=c1nc(-c2ccccc2)c2cc(Cl)c(Cl)cc2n1CC1CC1. The van der Waals surface area contributed by atoms with E-state index < -0.39 is 0 Å². The predicted molar refractivity (Wildman–Crippen MR) is 94.2 cm³/mol. The maximum absolute atomic E-state index is 12.6. The summed E-state index contributed by atoms with van der Waals surface area (Å²) < 4.78 is 1.72. The van der Waals surface area contributed by atoms with Gasteiger partial charge in [-0.15, -0.1) is 0 Å². The van der Waals surface area contributed by atoms with Crippen molar-refractivity contribution in [2.75, 3.05) is 0 Å². The van der Waals surface area contributed by atoms with Gasteiger partial charge in [-0.1, -0.05) is 53.5 Å². The molecule has 1 aliphatic rings. The first-order valence-electron chi connectivity index (χ1n) is 7.58. The van der Waals surface area contributed by atoms with E-state index in [1.165, 1.54) is 0 Å². The summed E-state index contributed by atoms with van der Waals surface area (Å²) in [5.74, 6) is 0.565. The monoisotopic (exact) mass is 344 g/mol. The second-order valence-electron chi connectivity index (χ2n) is 5.95. The highest BCUT2D eigenvalue weighted by molar-refractivity contribution is 6.42. The first kappa shape index (κ1) is 14.7. The molecule has 3 aromatic rings. The van der Waals surface area contributed by atoms with E-state index in [-0.39, 0.29) is 5.69 Å². The molecule has 1 saturated carbocycles. The van der Waals surface area contributed by atoms with Crippen molar-refractivity contribution in [2.24, 2.45) is 5.92 Å². The van der Waals surface area contributed by atoms with E-state index in [1.54, 1.807) is 16.7 Å². The summed E-state index contributed by atoms with van der Waals surface area (Å²) in [4.78, 5) is 16.9. The second kappa shape index (κ2) is 5.66.